The van der Waals surface area contributed by atoms with Crippen molar-refractivity contribution in [1.82, 2.24) is 19.9 Å². The van der Waals surface area contributed by atoms with E-state index in [0.717, 1.165) is 47.4 Å². The molecular weight excluding hydrogens is 358 g/mol. The molecule has 1 aliphatic rings. The lowest BCUT2D eigenvalue weighted by Gasteiger charge is -2.15. The molecule has 0 spiro atoms. The predicted octanol–water partition coefficient (Wildman–Crippen LogP) is 4.27. The van der Waals surface area contributed by atoms with Gasteiger partial charge in [0.05, 0.1) is 10.2 Å². The van der Waals surface area contributed by atoms with Crippen LogP contribution in [0.15, 0.2) is 29.8 Å². The van der Waals surface area contributed by atoms with E-state index in [-0.39, 0.29) is 5.91 Å². The molecule has 1 saturated heterocycles. The summed E-state index contributed by atoms with van der Waals surface area (Å²) in [4.78, 5) is 28.1. The van der Waals surface area contributed by atoms with E-state index < -0.39 is 0 Å². The van der Waals surface area contributed by atoms with Gasteiger partial charge in [0.2, 0.25) is 5.95 Å². The van der Waals surface area contributed by atoms with Crippen molar-refractivity contribution in [1.29, 1.82) is 0 Å². The molecule has 0 atom stereocenters. The molecule has 0 radical (unpaired) electrons. The normalized spacial score (nSPS) is 13.4. The SMILES string of the molecule is CC.Cc1ncccc1CNc1nc(C(=O)N2CCCC2)c2sccc2n1. The summed E-state index contributed by atoms with van der Waals surface area (Å²) in [5, 5.41) is 5.19. The Labute approximate surface area is 163 Å². The van der Waals surface area contributed by atoms with Crippen LogP contribution in [0.3, 0.4) is 0 Å². The average Bonchev–Trinajstić information content (AvgIpc) is 3.39. The molecule has 6 nitrogen and oxygen atoms in total. The van der Waals surface area contributed by atoms with E-state index in [1.807, 2.05) is 49.3 Å². The number of aryl methyl sites for hydroxylation is 1. The molecule has 27 heavy (non-hydrogen) atoms. The highest BCUT2D eigenvalue weighted by atomic mass is 32.1. The van der Waals surface area contributed by atoms with Crippen LogP contribution in [0.25, 0.3) is 10.2 Å². The van der Waals surface area contributed by atoms with Crippen LogP contribution >= 0.6 is 11.3 Å². The summed E-state index contributed by atoms with van der Waals surface area (Å²) in [5.41, 5.74) is 3.38. The summed E-state index contributed by atoms with van der Waals surface area (Å²) in [7, 11) is 0. The minimum absolute atomic E-state index is 0.00737. The molecule has 0 bridgehead atoms. The first-order chi connectivity index (χ1) is 13.2. The monoisotopic (exact) mass is 383 g/mol. The number of carbonyl (C=O) groups excluding carboxylic acids is 1. The fourth-order valence-electron chi connectivity index (χ4n) is 3.04. The van der Waals surface area contributed by atoms with Gasteiger partial charge in [0.15, 0.2) is 5.69 Å². The van der Waals surface area contributed by atoms with Crippen LogP contribution in [0.5, 0.6) is 0 Å². The summed E-state index contributed by atoms with van der Waals surface area (Å²) < 4.78 is 0.861. The Kier molecular flexibility index (Phi) is 6.34. The fraction of sp³-hybridized carbons (Fsp3) is 0.400. The Balaban J connectivity index is 0.00000102. The van der Waals surface area contributed by atoms with Gasteiger partial charge in [-0.15, -0.1) is 11.3 Å². The van der Waals surface area contributed by atoms with Gasteiger partial charge in [0.25, 0.3) is 5.91 Å². The predicted molar refractivity (Wildman–Crippen MR) is 110 cm³/mol. The molecule has 1 fully saturated rings. The Morgan fingerprint density at radius 1 is 1.22 bits per heavy atom. The molecule has 1 aliphatic heterocycles. The van der Waals surface area contributed by atoms with Crippen LogP contribution in [-0.4, -0.2) is 38.8 Å². The molecule has 1 amide bonds. The maximum absolute atomic E-state index is 12.8. The van der Waals surface area contributed by atoms with Gasteiger partial charge in [0.1, 0.15) is 0 Å². The molecule has 3 aromatic rings. The number of pyridine rings is 1. The third-order valence-corrected chi connectivity index (χ3v) is 5.36. The van der Waals surface area contributed by atoms with E-state index in [1.165, 1.54) is 11.3 Å². The number of amides is 1. The minimum atomic E-state index is 0.00737. The lowest BCUT2D eigenvalue weighted by Crippen LogP contribution is -2.28. The van der Waals surface area contributed by atoms with Gasteiger partial charge in [-0.3, -0.25) is 9.78 Å². The fourth-order valence-corrected chi connectivity index (χ4v) is 3.85. The number of nitrogens with one attached hydrogen (secondary N) is 1. The number of nitrogens with zero attached hydrogens (tertiary/aromatic N) is 4. The Morgan fingerprint density at radius 3 is 2.74 bits per heavy atom. The topological polar surface area (TPSA) is 71.0 Å². The lowest BCUT2D eigenvalue weighted by molar-refractivity contribution is 0.0789. The van der Waals surface area contributed by atoms with E-state index in [0.29, 0.717) is 18.2 Å². The summed E-state index contributed by atoms with van der Waals surface area (Å²) in [5.74, 6) is 0.490. The van der Waals surface area contributed by atoms with Gasteiger partial charge in [-0.25, -0.2) is 9.97 Å². The van der Waals surface area contributed by atoms with E-state index in [2.05, 4.69) is 20.3 Å². The number of rotatable bonds is 4. The van der Waals surface area contributed by atoms with Crippen molar-refractivity contribution >= 4 is 33.4 Å². The number of likely N-dealkylation sites (tertiary alicyclic amines) is 1. The number of anilines is 1. The molecule has 142 valence electrons. The Morgan fingerprint density at radius 2 is 2.00 bits per heavy atom. The maximum Gasteiger partial charge on any atom is 0.274 e. The van der Waals surface area contributed by atoms with Gasteiger partial charge in [-0.2, -0.15) is 0 Å². The van der Waals surface area contributed by atoms with Gasteiger partial charge in [-0.05, 0) is 42.8 Å². The third kappa shape index (κ3) is 4.24. The second-order valence-electron chi connectivity index (χ2n) is 6.13. The summed E-state index contributed by atoms with van der Waals surface area (Å²) in [6, 6.07) is 5.87. The second-order valence-corrected chi connectivity index (χ2v) is 7.05. The Hall–Kier alpha value is -2.54. The number of hydrogen-bond acceptors (Lipinski definition) is 6. The van der Waals surface area contributed by atoms with Crippen molar-refractivity contribution in [3.63, 3.8) is 0 Å². The Bertz CT molecular complexity index is 918. The van der Waals surface area contributed by atoms with Gasteiger partial charge >= 0.3 is 0 Å². The largest absolute Gasteiger partial charge is 0.350 e. The lowest BCUT2D eigenvalue weighted by atomic mass is 10.2. The van der Waals surface area contributed by atoms with Crippen molar-refractivity contribution in [3.05, 3.63) is 46.7 Å². The standard InChI is InChI=1S/C18H19N5OS.C2H6/c1-12-13(5-4-7-19-12)11-20-18-21-14-6-10-25-16(14)15(22-18)17(24)23-8-2-3-9-23;1-2/h4-7,10H,2-3,8-9,11H2,1H3,(H,20,21,22);1-2H3. The van der Waals surface area contributed by atoms with Crippen LogP contribution in [0.4, 0.5) is 5.95 Å². The highest BCUT2D eigenvalue weighted by Gasteiger charge is 2.24. The maximum atomic E-state index is 12.8. The highest BCUT2D eigenvalue weighted by molar-refractivity contribution is 7.17. The van der Waals surface area contributed by atoms with Crippen molar-refractivity contribution in [2.24, 2.45) is 0 Å². The number of aromatic nitrogens is 3. The molecule has 4 rings (SSSR count). The van der Waals surface area contributed by atoms with Crippen molar-refractivity contribution in [3.8, 4) is 0 Å². The smallest absolute Gasteiger partial charge is 0.274 e. The number of fused-ring (bicyclic) bond motifs is 1. The molecule has 0 aromatic carbocycles. The number of thiophene rings is 1. The summed E-state index contributed by atoms with van der Waals surface area (Å²) in [6.45, 7) is 8.18. The quantitative estimate of drug-likeness (QED) is 0.728. The molecule has 0 saturated carbocycles. The van der Waals surface area contributed by atoms with E-state index in [1.54, 1.807) is 6.20 Å². The van der Waals surface area contributed by atoms with Crippen LogP contribution < -0.4 is 5.32 Å². The van der Waals surface area contributed by atoms with Gasteiger partial charge in [-0.1, -0.05) is 19.9 Å². The van der Waals surface area contributed by atoms with Crippen LogP contribution in [0, 0.1) is 6.92 Å². The zero-order valence-corrected chi connectivity index (χ0v) is 16.8. The first-order valence-corrected chi connectivity index (χ1v) is 10.3. The molecular formula is C20H25N5OS. The van der Waals surface area contributed by atoms with Crippen LogP contribution in [0.1, 0.15) is 48.4 Å². The summed E-state index contributed by atoms with van der Waals surface area (Å²) in [6.07, 6.45) is 3.91. The zero-order chi connectivity index (χ0) is 19.2. The van der Waals surface area contributed by atoms with E-state index in [9.17, 15) is 4.79 Å². The first kappa shape index (κ1) is 19.2. The van der Waals surface area contributed by atoms with E-state index >= 15 is 0 Å². The van der Waals surface area contributed by atoms with Gasteiger partial charge in [0, 0.05) is 31.5 Å². The third-order valence-electron chi connectivity index (χ3n) is 4.45. The average molecular weight is 384 g/mol. The van der Waals surface area contributed by atoms with Crippen molar-refractivity contribution < 1.29 is 4.79 Å². The minimum Gasteiger partial charge on any atom is -0.350 e. The molecule has 0 unspecified atom stereocenters. The number of carbonyl (C=O) groups is 1. The summed E-state index contributed by atoms with van der Waals surface area (Å²) >= 11 is 1.52. The van der Waals surface area contributed by atoms with Gasteiger partial charge < -0.3 is 10.2 Å². The second kappa shape index (κ2) is 8.90. The molecule has 3 aromatic heterocycles. The molecule has 7 heteroatoms. The first-order valence-electron chi connectivity index (χ1n) is 9.41. The van der Waals surface area contributed by atoms with Crippen LogP contribution in [-0.2, 0) is 6.54 Å². The number of hydrogen-bond donors (Lipinski definition) is 1. The van der Waals surface area contributed by atoms with Crippen LogP contribution in [0.2, 0.25) is 0 Å². The highest BCUT2D eigenvalue weighted by Crippen LogP contribution is 2.26. The molecule has 1 N–H and O–H groups in total. The van der Waals surface area contributed by atoms with Crippen molar-refractivity contribution in [2.75, 3.05) is 18.4 Å². The molecule has 0 aliphatic carbocycles. The van der Waals surface area contributed by atoms with Crippen molar-refractivity contribution in [2.45, 2.75) is 40.2 Å². The van der Waals surface area contributed by atoms with E-state index in [4.69, 9.17) is 0 Å². The zero-order valence-electron chi connectivity index (χ0n) is 16.0. The molecule has 4 heterocycles.